The number of ether oxygens (including phenoxy) is 1. The molecule has 1 aliphatic heterocycles. The van der Waals surface area contributed by atoms with E-state index in [1.165, 1.54) is 11.3 Å². The third-order valence-electron chi connectivity index (χ3n) is 6.36. The van der Waals surface area contributed by atoms with Gasteiger partial charge in [-0.3, -0.25) is 14.5 Å². The molecule has 0 unspecified atom stereocenters. The van der Waals surface area contributed by atoms with Crippen molar-refractivity contribution in [3.63, 3.8) is 0 Å². The van der Waals surface area contributed by atoms with Crippen LogP contribution in [0.5, 0.6) is 0 Å². The number of imide groups is 1. The topological polar surface area (TPSA) is 105 Å². The maximum absolute atomic E-state index is 13.2. The molecule has 1 aromatic heterocycles. The first-order chi connectivity index (χ1) is 16.4. The second-order valence-corrected chi connectivity index (χ2v) is 9.54. The van der Waals surface area contributed by atoms with Crippen LogP contribution < -0.4 is 10.6 Å². The molecule has 0 radical (unpaired) electrons. The highest BCUT2D eigenvalue weighted by Gasteiger charge is 2.50. The van der Waals surface area contributed by atoms with Gasteiger partial charge in [-0.2, -0.15) is 0 Å². The van der Waals surface area contributed by atoms with Crippen molar-refractivity contribution in [1.82, 2.24) is 10.2 Å². The molecular weight excluding hydrogens is 454 g/mol. The molecule has 180 valence electrons. The number of hydrogen-bond acceptors (Lipinski definition) is 6. The highest BCUT2D eigenvalue weighted by Crippen LogP contribution is 2.36. The Labute approximate surface area is 202 Å². The van der Waals surface area contributed by atoms with Crippen molar-refractivity contribution in [3.8, 4) is 11.1 Å². The summed E-state index contributed by atoms with van der Waals surface area (Å²) in [6.45, 7) is 1.50. The Morgan fingerprint density at radius 3 is 2.44 bits per heavy atom. The summed E-state index contributed by atoms with van der Waals surface area (Å²) in [6.07, 6.45) is 6.12. The van der Waals surface area contributed by atoms with Gasteiger partial charge in [-0.25, -0.2) is 9.59 Å². The zero-order valence-corrected chi connectivity index (χ0v) is 20.0. The normalized spacial score (nSPS) is 17.7. The molecule has 4 rings (SSSR count). The van der Waals surface area contributed by atoms with Gasteiger partial charge in [-0.1, -0.05) is 62.4 Å². The molecule has 4 amide bonds. The average Bonchev–Trinajstić information content (AvgIpc) is 3.32. The largest absolute Gasteiger partial charge is 0.462 e. The predicted octanol–water partition coefficient (Wildman–Crippen LogP) is 4.57. The van der Waals surface area contributed by atoms with E-state index in [-0.39, 0.29) is 18.1 Å². The fourth-order valence-electron chi connectivity index (χ4n) is 4.66. The van der Waals surface area contributed by atoms with Crippen LogP contribution in [0.3, 0.4) is 0 Å². The lowest BCUT2D eigenvalue weighted by Crippen LogP contribution is -2.47. The van der Waals surface area contributed by atoms with Crippen LogP contribution in [0.1, 0.15) is 62.2 Å². The molecular formula is C25H29N3O5S. The van der Waals surface area contributed by atoms with Crippen LogP contribution >= 0.6 is 11.3 Å². The molecule has 1 saturated heterocycles. The number of amides is 4. The Balaban J connectivity index is 1.52. The standard InChI is InChI=1S/C25H29N3O5S/c1-2-33-22(30)20-18(17-11-7-6-8-12-17)16-34-21(20)26-19(29)15-28-23(31)25(27-24(28)32)13-9-4-3-5-10-14-25/h6-8,11-12,16H,2-5,9-10,13-15H2,1H3,(H,26,29)(H,27,32). The Hall–Kier alpha value is -3.20. The van der Waals surface area contributed by atoms with Crippen molar-refractivity contribution < 1.29 is 23.9 Å². The summed E-state index contributed by atoms with van der Waals surface area (Å²) >= 11 is 1.20. The van der Waals surface area contributed by atoms with Crippen LogP contribution in [0.2, 0.25) is 0 Å². The SMILES string of the molecule is CCOC(=O)c1c(-c2ccccc2)csc1NC(=O)CN1C(=O)NC2(CCCCCCC2)C1=O. The molecule has 8 nitrogen and oxygen atoms in total. The second kappa shape index (κ2) is 10.4. The van der Waals surface area contributed by atoms with Crippen LogP contribution in [0.25, 0.3) is 11.1 Å². The zero-order chi connectivity index (χ0) is 24.1. The van der Waals surface area contributed by atoms with Crippen molar-refractivity contribution in [3.05, 3.63) is 41.3 Å². The molecule has 2 heterocycles. The molecule has 2 aliphatic rings. The Morgan fingerprint density at radius 2 is 1.76 bits per heavy atom. The monoisotopic (exact) mass is 483 g/mol. The van der Waals surface area contributed by atoms with E-state index in [4.69, 9.17) is 4.74 Å². The van der Waals surface area contributed by atoms with E-state index in [2.05, 4.69) is 10.6 Å². The minimum atomic E-state index is -0.905. The summed E-state index contributed by atoms with van der Waals surface area (Å²) in [4.78, 5) is 52.4. The van der Waals surface area contributed by atoms with Crippen molar-refractivity contribution in [1.29, 1.82) is 0 Å². The highest BCUT2D eigenvalue weighted by atomic mass is 32.1. The fourth-order valence-corrected chi connectivity index (χ4v) is 5.64. The Morgan fingerprint density at radius 1 is 1.09 bits per heavy atom. The third-order valence-corrected chi connectivity index (χ3v) is 7.26. The number of anilines is 1. The molecule has 34 heavy (non-hydrogen) atoms. The molecule has 2 aromatic rings. The van der Waals surface area contributed by atoms with Gasteiger partial charge < -0.3 is 15.4 Å². The van der Waals surface area contributed by atoms with Gasteiger partial charge in [-0.15, -0.1) is 11.3 Å². The van der Waals surface area contributed by atoms with E-state index >= 15 is 0 Å². The van der Waals surface area contributed by atoms with Gasteiger partial charge in [0.25, 0.3) is 5.91 Å². The molecule has 1 saturated carbocycles. The highest BCUT2D eigenvalue weighted by molar-refractivity contribution is 7.15. The number of urea groups is 1. The maximum Gasteiger partial charge on any atom is 0.341 e. The van der Waals surface area contributed by atoms with Crippen LogP contribution in [-0.2, 0) is 14.3 Å². The number of nitrogens with one attached hydrogen (secondary N) is 2. The van der Waals surface area contributed by atoms with Gasteiger partial charge in [0.1, 0.15) is 22.6 Å². The summed E-state index contributed by atoms with van der Waals surface area (Å²) in [5, 5.41) is 7.71. The quantitative estimate of drug-likeness (QED) is 0.463. The second-order valence-electron chi connectivity index (χ2n) is 8.66. The number of rotatable bonds is 6. The van der Waals surface area contributed by atoms with E-state index in [9.17, 15) is 19.2 Å². The minimum absolute atomic E-state index is 0.195. The molecule has 9 heteroatoms. The van der Waals surface area contributed by atoms with Crippen molar-refractivity contribution in [2.45, 2.75) is 57.4 Å². The first-order valence-electron chi connectivity index (χ1n) is 11.7. The third kappa shape index (κ3) is 4.84. The molecule has 1 aromatic carbocycles. The number of carbonyl (C=O) groups is 4. The molecule has 1 spiro atoms. The summed E-state index contributed by atoms with van der Waals surface area (Å²) in [6, 6.07) is 8.81. The Kier molecular flexibility index (Phi) is 7.31. The fraction of sp³-hybridized carbons (Fsp3) is 0.440. The zero-order valence-electron chi connectivity index (χ0n) is 19.2. The van der Waals surface area contributed by atoms with Crippen LogP contribution in [0.15, 0.2) is 35.7 Å². The number of thiophene rings is 1. The van der Waals surface area contributed by atoms with Crippen LogP contribution in [0, 0.1) is 0 Å². The Bertz CT molecular complexity index is 1070. The minimum Gasteiger partial charge on any atom is -0.462 e. The summed E-state index contributed by atoms with van der Waals surface area (Å²) in [7, 11) is 0. The van der Waals surface area contributed by atoms with E-state index < -0.39 is 30.0 Å². The molecule has 2 N–H and O–H groups in total. The van der Waals surface area contributed by atoms with Crippen LogP contribution in [0.4, 0.5) is 9.80 Å². The summed E-state index contributed by atoms with van der Waals surface area (Å²) in [5.74, 6) is -1.42. The van der Waals surface area contributed by atoms with E-state index in [1.54, 1.807) is 12.3 Å². The van der Waals surface area contributed by atoms with Crippen molar-refractivity contribution in [2.24, 2.45) is 0 Å². The lowest BCUT2D eigenvalue weighted by Gasteiger charge is -2.28. The molecule has 0 atom stereocenters. The van der Waals surface area contributed by atoms with Gasteiger partial charge in [-0.05, 0) is 25.3 Å². The predicted molar refractivity (Wildman–Crippen MR) is 130 cm³/mol. The average molecular weight is 484 g/mol. The molecule has 1 aliphatic carbocycles. The number of benzene rings is 1. The van der Waals surface area contributed by atoms with E-state index in [0.717, 1.165) is 42.6 Å². The van der Waals surface area contributed by atoms with Crippen molar-refractivity contribution >= 4 is 40.2 Å². The van der Waals surface area contributed by atoms with E-state index in [1.807, 2.05) is 30.3 Å². The smallest absolute Gasteiger partial charge is 0.341 e. The lowest BCUT2D eigenvalue weighted by molar-refractivity contribution is -0.134. The first-order valence-corrected chi connectivity index (χ1v) is 12.6. The summed E-state index contributed by atoms with van der Waals surface area (Å²) < 4.78 is 5.22. The van der Waals surface area contributed by atoms with Gasteiger partial charge in [0.15, 0.2) is 0 Å². The first kappa shape index (κ1) is 23.9. The lowest BCUT2D eigenvalue weighted by atomic mass is 9.84. The van der Waals surface area contributed by atoms with Gasteiger partial charge in [0.05, 0.1) is 6.61 Å². The number of esters is 1. The molecule has 0 bridgehead atoms. The van der Waals surface area contributed by atoms with Gasteiger partial charge in [0.2, 0.25) is 5.91 Å². The number of carbonyl (C=O) groups excluding carboxylic acids is 4. The maximum atomic E-state index is 13.2. The molecule has 2 fully saturated rings. The van der Waals surface area contributed by atoms with Crippen LogP contribution in [-0.4, -0.2) is 47.4 Å². The number of hydrogen-bond donors (Lipinski definition) is 2. The van der Waals surface area contributed by atoms with Gasteiger partial charge >= 0.3 is 12.0 Å². The van der Waals surface area contributed by atoms with Crippen molar-refractivity contribution in [2.75, 3.05) is 18.5 Å². The van der Waals surface area contributed by atoms with Gasteiger partial charge in [0, 0.05) is 10.9 Å². The number of nitrogens with zero attached hydrogens (tertiary/aromatic N) is 1. The summed E-state index contributed by atoms with van der Waals surface area (Å²) in [5.41, 5.74) is 0.836. The van der Waals surface area contributed by atoms with E-state index in [0.29, 0.717) is 23.4 Å².